The highest BCUT2D eigenvalue weighted by atomic mass is 32.1. The zero-order valence-electron chi connectivity index (χ0n) is 14.6. The van der Waals surface area contributed by atoms with Gasteiger partial charge in [-0.1, -0.05) is 66.0 Å². The summed E-state index contributed by atoms with van der Waals surface area (Å²) < 4.78 is 2.97. The molecule has 0 saturated heterocycles. The molecule has 1 aliphatic rings. The number of para-hydroxylation sites is 1. The number of thiazole rings is 1. The minimum atomic E-state index is 0.159. The molecule has 1 aliphatic carbocycles. The first-order valence-corrected chi connectivity index (χ1v) is 9.79. The highest BCUT2D eigenvalue weighted by molar-refractivity contribution is 7.20. The molecule has 4 nitrogen and oxygen atoms in total. The quantitative estimate of drug-likeness (QED) is 0.512. The van der Waals surface area contributed by atoms with E-state index in [-0.39, 0.29) is 11.7 Å². The Balaban J connectivity index is 1.48. The first kappa shape index (κ1) is 16.1. The van der Waals surface area contributed by atoms with E-state index in [1.54, 1.807) is 17.5 Å². The molecule has 4 aromatic rings. The maximum atomic E-state index is 12.6. The Morgan fingerprint density at radius 1 is 1.04 bits per heavy atom. The lowest BCUT2D eigenvalue weighted by Crippen LogP contribution is -2.20. The number of carbonyl (C=O) groups excluding carboxylic acids is 1. The van der Waals surface area contributed by atoms with Gasteiger partial charge in [-0.15, -0.1) is 0 Å². The summed E-state index contributed by atoms with van der Waals surface area (Å²) in [6, 6.07) is 18.2. The number of nitrogens with zero attached hydrogens (tertiary/aromatic N) is 3. The first-order valence-electron chi connectivity index (χ1n) is 8.97. The van der Waals surface area contributed by atoms with Crippen LogP contribution in [0.25, 0.3) is 21.4 Å². The van der Waals surface area contributed by atoms with Gasteiger partial charge in [0.15, 0.2) is 5.78 Å². The predicted molar refractivity (Wildman–Crippen MR) is 108 cm³/mol. The molecule has 0 radical (unpaired) electrons. The predicted octanol–water partition coefficient (Wildman–Crippen LogP) is 4.94. The van der Waals surface area contributed by atoms with Crippen LogP contribution in [0.15, 0.2) is 66.9 Å². The van der Waals surface area contributed by atoms with E-state index in [0.29, 0.717) is 6.42 Å². The molecule has 0 fully saturated rings. The van der Waals surface area contributed by atoms with Crippen LogP contribution in [0, 0.1) is 5.92 Å². The van der Waals surface area contributed by atoms with Crippen LogP contribution < -0.4 is 0 Å². The van der Waals surface area contributed by atoms with Crippen LogP contribution in [0.5, 0.6) is 0 Å². The summed E-state index contributed by atoms with van der Waals surface area (Å²) in [4.78, 5) is 17.3. The van der Waals surface area contributed by atoms with Crippen molar-refractivity contribution in [2.45, 2.75) is 12.8 Å². The molecule has 0 saturated carbocycles. The second-order valence-corrected chi connectivity index (χ2v) is 7.75. The normalized spacial score (nSPS) is 16.9. The maximum absolute atomic E-state index is 12.6. The summed E-state index contributed by atoms with van der Waals surface area (Å²) in [7, 11) is 0. The van der Waals surface area contributed by atoms with Crippen molar-refractivity contribution in [1.29, 1.82) is 0 Å². The minimum absolute atomic E-state index is 0.159. The van der Waals surface area contributed by atoms with E-state index in [0.717, 1.165) is 38.6 Å². The summed E-state index contributed by atoms with van der Waals surface area (Å²) >= 11 is 1.60. The molecule has 0 amide bonds. The van der Waals surface area contributed by atoms with Crippen LogP contribution >= 0.6 is 11.3 Å². The minimum Gasteiger partial charge on any atom is -0.294 e. The number of carbonyl (C=O) groups is 1. The molecule has 5 rings (SSSR count). The van der Waals surface area contributed by atoms with Gasteiger partial charge in [-0.2, -0.15) is 5.10 Å². The number of fused-ring (bicyclic) bond motifs is 2. The summed E-state index contributed by atoms with van der Waals surface area (Å²) in [5.74, 6) is 0.335. The Kier molecular flexibility index (Phi) is 3.94. The van der Waals surface area contributed by atoms with Crippen molar-refractivity contribution >= 4 is 33.4 Å². The summed E-state index contributed by atoms with van der Waals surface area (Å²) in [6.45, 7) is 0. The second kappa shape index (κ2) is 6.59. The molecule has 132 valence electrons. The highest BCUT2D eigenvalue weighted by Crippen LogP contribution is 2.31. The zero-order chi connectivity index (χ0) is 18.2. The Morgan fingerprint density at radius 3 is 2.70 bits per heavy atom. The van der Waals surface area contributed by atoms with Gasteiger partial charge in [0.25, 0.3) is 0 Å². The van der Waals surface area contributed by atoms with Crippen molar-refractivity contribution in [1.82, 2.24) is 14.8 Å². The van der Waals surface area contributed by atoms with Crippen molar-refractivity contribution in [2.24, 2.45) is 5.92 Å². The van der Waals surface area contributed by atoms with Crippen LogP contribution in [0.2, 0.25) is 0 Å². The number of ketones is 1. The number of rotatable bonds is 3. The van der Waals surface area contributed by atoms with Gasteiger partial charge in [-0.25, -0.2) is 9.67 Å². The van der Waals surface area contributed by atoms with Crippen LogP contribution in [-0.2, 0) is 6.42 Å². The fourth-order valence-corrected chi connectivity index (χ4v) is 4.48. The Bertz CT molecular complexity index is 1120. The van der Waals surface area contributed by atoms with Crippen molar-refractivity contribution < 1.29 is 4.79 Å². The van der Waals surface area contributed by atoms with E-state index >= 15 is 0 Å². The van der Waals surface area contributed by atoms with Crippen LogP contribution in [-0.4, -0.2) is 20.5 Å². The van der Waals surface area contributed by atoms with Crippen LogP contribution in [0.4, 0.5) is 0 Å². The van der Waals surface area contributed by atoms with E-state index in [2.05, 4.69) is 35.4 Å². The molecule has 1 atom stereocenters. The van der Waals surface area contributed by atoms with Crippen molar-refractivity contribution in [3.05, 3.63) is 83.7 Å². The average Bonchev–Trinajstić information content (AvgIpc) is 3.31. The van der Waals surface area contributed by atoms with Gasteiger partial charge < -0.3 is 0 Å². The van der Waals surface area contributed by atoms with Crippen molar-refractivity contribution in [3.8, 4) is 5.13 Å². The number of hydrogen-bond donors (Lipinski definition) is 0. The van der Waals surface area contributed by atoms with Crippen molar-refractivity contribution in [2.75, 3.05) is 0 Å². The average molecular weight is 371 g/mol. The van der Waals surface area contributed by atoms with Gasteiger partial charge in [0.05, 0.1) is 27.7 Å². The number of Topliss-reactive ketones (excluding diaryl/α,β-unsaturated/α-hetero) is 1. The third-order valence-corrected chi connectivity index (χ3v) is 5.91. The van der Waals surface area contributed by atoms with Crippen LogP contribution in [0.1, 0.15) is 28.0 Å². The number of hydrogen-bond acceptors (Lipinski definition) is 4. The molecule has 2 aromatic carbocycles. The third-order valence-electron chi connectivity index (χ3n) is 4.90. The van der Waals surface area contributed by atoms with E-state index in [1.807, 2.05) is 41.1 Å². The molecule has 0 unspecified atom stereocenters. The summed E-state index contributed by atoms with van der Waals surface area (Å²) in [6.07, 6.45) is 7.26. The van der Waals surface area contributed by atoms with Gasteiger partial charge >= 0.3 is 0 Å². The van der Waals surface area contributed by atoms with E-state index in [9.17, 15) is 4.79 Å². The van der Waals surface area contributed by atoms with Crippen LogP contribution in [0.3, 0.4) is 0 Å². The summed E-state index contributed by atoms with van der Waals surface area (Å²) in [5, 5.41) is 5.30. The molecule has 2 heterocycles. The topological polar surface area (TPSA) is 47.8 Å². The SMILES string of the molecule is O=C1C[C@@H](/C=C/c2ccccc2)Cc2c1cnn2-c1nc2ccccc2s1. The standard InChI is InChI=1S/C22H17N3OS/c26-20-13-16(11-10-15-6-2-1-3-7-15)12-19-17(20)14-23-25(19)22-24-18-8-4-5-9-21(18)27-22/h1-11,14,16H,12-13H2/b11-10+/t16-/m0/s1. The Morgan fingerprint density at radius 2 is 1.85 bits per heavy atom. The fraction of sp³-hybridized carbons (Fsp3) is 0.136. The molecule has 0 N–H and O–H groups in total. The Labute approximate surface area is 160 Å². The molecule has 27 heavy (non-hydrogen) atoms. The lowest BCUT2D eigenvalue weighted by molar-refractivity contribution is 0.0958. The molecule has 0 aliphatic heterocycles. The van der Waals surface area contributed by atoms with E-state index in [4.69, 9.17) is 4.98 Å². The monoisotopic (exact) mass is 371 g/mol. The van der Waals surface area contributed by atoms with E-state index in [1.165, 1.54) is 0 Å². The van der Waals surface area contributed by atoms with Gasteiger partial charge in [0, 0.05) is 6.42 Å². The van der Waals surface area contributed by atoms with Gasteiger partial charge in [-0.3, -0.25) is 4.79 Å². The lowest BCUT2D eigenvalue weighted by atomic mass is 9.86. The largest absolute Gasteiger partial charge is 0.294 e. The summed E-state index contributed by atoms with van der Waals surface area (Å²) in [5.41, 5.74) is 3.81. The Hall–Kier alpha value is -3.05. The first-order chi connectivity index (χ1) is 13.3. The van der Waals surface area contributed by atoms with Gasteiger partial charge in [0.2, 0.25) is 5.13 Å². The smallest absolute Gasteiger partial charge is 0.211 e. The number of aromatic nitrogens is 3. The third kappa shape index (κ3) is 3.00. The molecule has 0 bridgehead atoms. The molecule has 5 heteroatoms. The fourth-order valence-electron chi connectivity index (χ4n) is 3.53. The number of benzene rings is 2. The zero-order valence-corrected chi connectivity index (χ0v) is 15.4. The number of allylic oxidation sites excluding steroid dienone is 1. The molecular weight excluding hydrogens is 354 g/mol. The molecular formula is C22H17N3OS. The molecule has 0 spiro atoms. The van der Waals surface area contributed by atoms with Crippen molar-refractivity contribution in [3.63, 3.8) is 0 Å². The second-order valence-electron chi connectivity index (χ2n) is 6.74. The highest BCUT2D eigenvalue weighted by Gasteiger charge is 2.28. The van der Waals surface area contributed by atoms with E-state index < -0.39 is 0 Å². The van der Waals surface area contributed by atoms with Gasteiger partial charge in [0.1, 0.15) is 0 Å². The molecule has 2 aromatic heterocycles. The maximum Gasteiger partial charge on any atom is 0.211 e. The lowest BCUT2D eigenvalue weighted by Gasteiger charge is -2.19. The van der Waals surface area contributed by atoms with Gasteiger partial charge in [-0.05, 0) is 30.0 Å².